The summed E-state index contributed by atoms with van der Waals surface area (Å²) in [6.45, 7) is 6.93. The predicted octanol–water partition coefficient (Wildman–Crippen LogP) is 1.22. The molecular weight excluding hydrogens is 275 g/mol. The van der Waals surface area contributed by atoms with Gasteiger partial charge >= 0.3 is 0 Å². The second-order valence-electron chi connectivity index (χ2n) is 4.80. The first-order chi connectivity index (χ1) is 7.39. The number of carbonyl (C=O) groups excluding carboxylic acids is 1. The highest BCUT2D eigenvalue weighted by atomic mass is 35.5. The summed E-state index contributed by atoms with van der Waals surface area (Å²) in [5, 5.41) is 2.84. The predicted molar refractivity (Wildman–Crippen MR) is 77.2 cm³/mol. The van der Waals surface area contributed by atoms with Crippen LogP contribution in [0.1, 0.15) is 20.8 Å². The number of carbonyl (C=O) groups is 1. The van der Waals surface area contributed by atoms with Crippen LogP contribution in [0.25, 0.3) is 0 Å². The van der Waals surface area contributed by atoms with Crippen LogP contribution in [-0.2, 0) is 11.3 Å². The maximum absolute atomic E-state index is 11.5. The Bertz CT molecular complexity index is 335. The Morgan fingerprint density at radius 3 is 2.56 bits per heavy atom. The van der Waals surface area contributed by atoms with Crippen LogP contribution in [0, 0.1) is 5.92 Å². The van der Waals surface area contributed by atoms with Crippen molar-refractivity contribution in [1.29, 1.82) is 0 Å². The van der Waals surface area contributed by atoms with Crippen molar-refractivity contribution in [2.45, 2.75) is 32.9 Å². The summed E-state index contributed by atoms with van der Waals surface area (Å²) in [6.07, 6.45) is 5.42. The number of rotatable bonds is 5. The molecule has 1 unspecified atom stereocenters. The van der Waals surface area contributed by atoms with Gasteiger partial charge in [-0.1, -0.05) is 6.92 Å². The molecule has 0 aromatic carbocycles. The number of amides is 1. The van der Waals surface area contributed by atoms with E-state index in [0.29, 0.717) is 12.5 Å². The number of hydrogen-bond donors (Lipinski definition) is 2. The van der Waals surface area contributed by atoms with Crippen LogP contribution in [0.2, 0.25) is 0 Å². The standard InChI is InChI=1S/C11H20N4O.2ClH/c1-9(7-15-5-4-13-8-15)6-14-10(16)11(2,3)12;;/h4-5,8-9H,6-7,12H2,1-3H3,(H,14,16);2*1H. The smallest absolute Gasteiger partial charge is 0.239 e. The molecule has 1 atom stereocenters. The molecule has 0 aliphatic carbocycles. The molecule has 0 radical (unpaired) electrons. The summed E-state index contributed by atoms with van der Waals surface area (Å²) in [6, 6.07) is 0. The molecule has 1 aromatic heterocycles. The molecule has 5 nitrogen and oxygen atoms in total. The average molecular weight is 297 g/mol. The molecule has 1 amide bonds. The molecule has 1 rings (SSSR count). The molecule has 0 spiro atoms. The first kappa shape index (κ1) is 19.6. The van der Waals surface area contributed by atoms with Crippen LogP contribution in [0.15, 0.2) is 18.7 Å². The van der Waals surface area contributed by atoms with Crippen LogP contribution in [-0.4, -0.2) is 27.5 Å². The third kappa shape index (κ3) is 6.83. The summed E-state index contributed by atoms with van der Waals surface area (Å²) >= 11 is 0. The van der Waals surface area contributed by atoms with E-state index in [1.807, 2.05) is 10.8 Å². The molecule has 0 saturated heterocycles. The lowest BCUT2D eigenvalue weighted by Gasteiger charge is -2.20. The minimum atomic E-state index is -0.811. The lowest BCUT2D eigenvalue weighted by atomic mass is 10.1. The van der Waals surface area contributed by atoms with Crippen LogP contribution in [0.5, 0.6) is 0 Å². The van der Waals surface area contributed by atoms with Gasteiger partial charge in [-0.2, -0.15) is 0 Å². The van der Waals surface area contributed by atoms with Gasteiger partial charge in [-0.3, -0.25) is 4.79 Å². The van der Waals surface area contributed by atoms with Crippen molar-refractivity contribution in [3.8, 4) is 0 Å². The molecule has 7 heteroatoms. The highest BCUT2D eigenvalue weighted by Gasteiger charge is 2.21. The van der Waals surface area contributed by atoms with Crippen molar-refractivity contribution in [2.75, 3.05) is 6.54 Å². The van der Waals surface area contributed by atoms with Crippen LogP contribution in [0.4, 0.5) is 0 Å². The summed E-state index contributed by atoms with van der Waals surface area (Å²) in [5.41, 5.74) is 4.86. The molecule has 0 saturated carbocycles. The highest BCUT2D eigenvalue weighted by molar-refractivity contribution is 5.85. The monoisotopic (exact) mass is 296 g/mol. The lowest BCUT2D eigenvalue weighted by Crippen LogP contribution is -2.50. The molecule has 0 aliphatic heterocycles. The van der Waals surface area contributed by atoms with E-state index in [1.54, 1.807) is 26.4 Å². The third-order valence-electron chi connectivity index (χ3n) is 2.28. The van der Waals surface area contributed by atoms with Gasteiger partial charge in [0.25, 0.3) is 0 Å². The topological polar surface area (TPSA) is 72.9 Å². The summed E-state index contributed by atoms with van der Waals surface area (Å²) < 4.78 is 1.99. The minimum absolute atomic E-state index is 0. The van der Waals surface area contributed by atoms with E-state index in [9.17, 15) is 4.79 Å². The van der Waals surface area contributed by atoms with Gasteiger partial charge in [-0.15, -0.1) is 24.8 Å². The molecule has 106 valence electrons. The molecule has 1 heterocycles. The van der Waals surface area contributed by atoms with E-state index in [1.165, 1.54) is 0 Å². The van der Waals surface area contributed by atoms with Crippen LogP contribution in [0.3, 0.4) is 0 Å². The van der Waals surface area contributed by atoms with Gasteiger partial charge in [0.05, 0.1) is 11.9 Å². The van der Waals surface area contributed by atoms with Crippen molar-refractivity contribution in [2.24, 2.45) is 11.7 Å². The van der Waals surface area contributed by atoms with Crippen LogP contribution < -0.4 is 11.1 Å². The van der Waals surface area contributed by atoms with Gasteiger partial charge in [0.15, 0.2) is 0 Å². The highest BCUT2D eigenvalue weighted by Crippen LogP contribution is 2.01. The number of nitrogens with two attached hydrogens (primary N) is 1. The molecule has 1 aromatic rings. The first-order valence-corrected chi connectivity index (χ1v) is 5.42. The minimum Gasteiger partial charge on any atom is -0.354 e. The normalized spacial score (nSPS) is 12.0. The quantitative estimate of drug-likeness (QED) is 0.858. The van der Waals surface area contributed by atoms with Crippen molar-refractivity contribution in [1.82, 2.24) is 14.9 Å². The largest absolute Gasteiger partial charge is 0.354 e. The zero-order valence-electron chi connectivity index (χ0n) is 10.9. The summed E-state index contributed by atoms with van der Waals surface area (Å²) in [5.74, 6) is 0.227. The number of imidazole rings is 1. The summed E-state index contributed by atoms with van der Waals surface area (Å²) in [7, 11) is 0. The van der Waals surface area contributed by atoms with E-state index < -0.39 is 5.54 Å². The Balaban J connectivity index is 0. The van der Waals surface area contributed by atoms with Gasteiger partial charge in [0.2, 0.25) is 5.91 Å². The van der Waals surface area contributed by atoms with Gasteiger partial charge in [-0.25, -0.2) is 4.98 Å². The zero-order valence-corrected chi connectivity index (χ0v) is 12.6. The second-order valence-corrected chi connectivity index (χ2v) is 4.80. The molecular formula is C11H22Cl2N4O. The Kier molecular flexibility index (Phi) is 9.07. The van der Waals surface area contributed by atoms with Crippen molar-refractivity contribution >= 4 is 30.7 Å². The Morgan fingerprint density at radius 1 is 1.50 bits per heavy atom. The maximum atomic E-state index is 11.5. The average Bonchev–Trinajstić information content (AvgIpc) is 2.65. The van der Waals surface area contributed by atoms with Crippen molar-refractivity contribution < 1.29 is 4.79 Å². The number of nitrogens with one attached hydrogen (secondary N) is 1. The molecule has 18 heavy (non-hydrogen) atoms. The van der Waals surface area contributed by atoms with Gasteiger partial charge in [0.1, 0.15) is 0 Å². The number of aromatic nitrogens is 2. The Hall–Kier alpha value is -0.780. The van der Waals surface area contributed by atoms with E-state index in [2.05, 4.69) is 17.2 Å². The fourth-order valence-electron chi connectivity index (χ4n) is 1.31. The first-order valence-electron chi connectivity index (χ1n) is 5.42. The SMILES string of the molecule is CC(CNC(=O)C(C)(C)N)Cn1ccnc1.Cl.Cl. The fourth-order valence-corrected chi connectivity index (χ4v) is 1.31. The van der Waals surface area contributed by atoms with Crippen LogP contribution >= 0.6 is 24.8 Å². The lowest BCUT2D eigenvalue weighted by molar-refractivity contribution is -0.125. The molecule has 0 fully saturated rings. The van der Waals surface area contributed by atoms with E-state index in [-0.39, 0.29) is 30.7 Å². The van der Waals surface area contributed by atoms with Gasteiger partial charge < -0.3 is 15.6 Å². The zero-order chi connectivity index (χ0) is 12.2. The van der Waals surface area contributed by atoms with Gasteiger partial charge in [-0.05, 0) is 19.8 Å². The molecule has 3 N–H and O–H groups in total. The summed E-state index contributed by atoms with van der Waals surface area (Å²) in [4.78, 5) is 15.5. The van der Waals surface area contributed by atoms with E-state index >= 15 is 0 Å². The Morgan fingerprint density at radius 2 is 2.11 bits per heavy atom. The number of hydrogen-bond acceptors (Lipinski definition) is 3. The maximum Gasteiger partial charge on any atom is 0.239 e. The van der Waals surface area contributed by atoms with Crippen molar-refractivity contribution in [3.05, 3.63) is 18.7 Å². The van der Waals surface area contributed by atoms with E-state index in [4.69, 9.17) is 5.73 Å². The number of halogens is 2. The second kappa shape index (κ2) is 8.34. The van der Waals surface area contributed by atoms with Crippen molar-refractivity contribution in [3.63, 3.8) is 0 Å². The fraction of sp³-hybridized carbons (Fsp3) is 0.636. The van der Waals surface area contributed by atoms with Gasteiger partial charge in [0, 0.05) is 25.5 Å². The van der Waals surface area contributed by atoms with E-state index in [0.717, 1.165) is 6.54 Å². The third-order valence-corrected chi connectivity index (χ3v) is 2.28. The molecule has 0 aliphatic rings. The Labute approximate surface area is 120 Å². The molecule has 0 bridgehead atoms. The number of nitrogens with zero attached hydrogens (tertiary/aromatic N) is 2.